The van der Waals surface area contributed by atoms with Gasteiger partial charge in [0, 0.05) is 47.0 Å². The van der Waals surface area contributed by atoms with Crippen molar-refractivity contribution in [3.63, 3.8) is 0 Å². The zero-order valence-electron chi connectivity index (χ0n) is 31.0. The van der Waals surface area contributed by atoms with Crippen molar-refractivity contribution in [2.75, 3.05) is 4.90 Å². The van der Waals surface area contributed by atoms with Crippen molar-refractivity contribution < 1.29 is 0 Å². The Morgan fingerprint density at radius 3 is 1.46 bits per heavy atom. The van der Waals surface area contributed by atoms with Crippen LogP contribution in [-0.4, -0.2) is 0 Å². The Kier molecular flexibility index (Phi) is 8.28. The van der Waals surface area contributed by atoms with Gasteiger partial charge in [0.2, 0.25) is 0 Å². The summed E-state index contributed by atoms with van der Waals surface area (Å²) in [7, 11) is 0. The molecule has 0 saturated carbocycles. The average molecular weight is 762 g/mol. The molecule has 0 N–H and O–H groups in total. The first-order valence-corrected chi connectivity index (χ1v) is 21.0. The lowest BCUT2D eigenvalue weighted by molar-refractivity contribution is 1.30. The van der Waals surface area contributed by atoms with E-state index in [1.807, 2.05) is 22.7 Å². The van der Waals surface area contributed by atoms with Gasteiger partial charge in [0.25, 0.3) is 0 Å². The molecule has 0 aliphatic carbocycles. The van der Waals surface area contributed by atoms with Gasteiger partial charge in [-0.2, -0.15) is 0 Å². The lowest BCUT2D eigenvalue weighted by Gasteiger charge is -2.27. The van der Waals surface area contributed by atoms with E-state index in [0.29, 0.717) is 0 Å². The normalized spacial score (nSPS) is 11.5. The molecule has 0 atom stereocenters. The molecule has 268 valence electrons. The minimum atomic E-state index is 1.11. The first-order valence-electron chi connectivity index (χ1n) is 19.3. The fourth-order valence-electron chi connectivity index (χ4n) is 8.30. The third-order valence-corrected chi connectivity index (χ3v) is 13.4. The predicted molar refractivity (Wildman–Crippen MR) is 249 cm³/mol. The van der Waals surface area contributed by atoms with Gasteiger partial charge in [-0.3, -0.25) is 0 Å². The maximum absolute atomic E-state index is 2.44. The molecule has 0 aliphatic rings. The van der Waals surface area contributed by atoms with Crippen molar-refractivity contribution in [2.45, 2.75) is 0 Å². The van der Waals surface area contributed by atoms with Crippen molar-refractivity contribution >= 4 is 80.1 Å². The minimum absolute atomic E-state index is 1.11. The Bertz CT molecular complexity index is 3210. The summed E-state index contributed by atoms with van der Waals surface area (Å²) in [5, 5.41) is 5.23. The molecule has 2 heterocycles. The topological polar surface area (TPSA) is 3.24 Å². The number of thiophene rings is 2. The number of nitrogens with zero attached hydrogens (tertiary/aromatic N) is 1. The lowest BCUT2D eigenvalue weighted by Crippen LogP contribution is -2.10. The van der Waals surface area contributed by atoms with E-state index in [-0.39, 0.29) is 0 Å². The van der Waals surface area contributed by atoms with Crippen LogP contribution >= 0.6 is 22.7 Å². The van der Waals surface area contributed by atoms with Crippen LogP contribution in [0.3, 0.4) is 0 Å². The molecule has 0 spiro atoms. The molecule has 2 aromatic heterocycles. The third kappa shape index (κ3) is 6.00. The molecular formula is C54H35NS2. The van der Waals surface area contributed by atoms with E-state index in [1.165, 1.54) is 90.5 Å². The van der Waals surface area contributed by atoms with E-state index >= 15 is 0 Å². The minimum Gasteiger partial charge on any atom is -0.309 e. The molecule has 0 radical (unpaired) electrons. The van der Waals surface area contributed by atoms with Crippen LogP contribution in [0, 0.1) is 0 Å². The van der Waals surface area contributed by atoms with E-state index in [1.54, 1.807) is 0 Å². The largest absolute Gasteiger partial charge is 0.309 e. The fourth-order valence-corrected chi connectivity index (χ4v) is 10.6. The van der Waals surface area contributed by atoms with Crippen LogP contribution in [0.25, 0.3) is 84.9 Å². The van der Waals surface area contributed by atoms with Crippen molar-refractivity contribution in [1.82, 2.24) is 0 Å². The van der Waals surface area contributed by atoms with Gasteiger partial charge in [-0.05, 0) is 105 Å². The van der Waals surface area contributed by atoms with Crippen LogP contribution in [0.2, 0.25) is 0 Å². The Balaban J connectivity index is 1.05. The van der Waals surface area contributed by atoms with Gasteiger partial charge in [-0.1, -0.05) is 152 Å². The molecule has 0 bridgehead atoms. The molecule has 0 saturated heterocycles. The van der Waals surface area contributed by atoms with Gasteiger partial charge in [-0.15, -0.1) is 22.7 Å². The summed E-state index contributed by atoms with van der Waals surface area (Å²) in [5.41, 5.74) is 13.1. The van der Waals surface area contributed by atoms with Crippen LogP contribution in [0.15, 0.2) is 212 Å². The molecule has 3 heteroatoms. The first kappa shape index (κ1) is 33.5. The van der Waals surface area contributed by atoms with Crippen LogP contribution < -0.4 is 4.90 Å². The molecule has 0 aliphatic heterocycles. The van der Waals surface area contributed by atoms with Crippen molar-refractivity contribution in [1.29, 1.82) is 0 Å². The van der Waals surface area contributed by atoms with E-state index in [0.717, 1.165) is 11.4 Å². The highest BCUT2D eigenvalue weighted by Gasteiger charge is 2.21. The SMILES string of the molecule is c1ccc(-c2cccc(-c3ccc(N(c4ccc(-c5ccc6sc7ccccc7c6c5)cc4)c4ccc(-c5ccccc5)c5c4sc4ccccc45)cc3)c2)cc1. The van der Waals surface area contributed by atoms with Crippen molar-refractivity contribution in [2.24, 2.45) is 0 Å². The summed E-state index contributed by atoms with van der Waals surface area (Å²) in [4.78, 5) is 2.44. The van der Waals surface area contributed by atoms with Gasteiger partial charge < -0.3 is 4.90 Å². The standard InChI is InChI=1S/C54H35NS2/c1-3-12-36(13-4-1)40-16-11-17-41(34-40)37-22-27-43(28-23-37)55(44-29-24-38(25-30-44)42-26-33-52-48(35-42)46-18-7-9-20-50(46)56-52)49-32-31-45(39-14-5-2-6-15-39)53-47-19-8-10-21-51(47)57-54(49)53/h1-35H. The quantitative estimate of drug-likeness (QED) is 0.156. The number of benzene rings is 9. The molecule has 11 rings (SSSR count). The Morgan fingerprint density at radius 1 is 0.298 bits per heavy atom. The molecule has 0 unspecified atom stereocenters. The highest BCUT2D eigenvalue weighted by Crippen LogP contribution is 2.48. The maximum Gasteiger partial charge on any atom is 0.0640 e. The van der Waals surface area contributed by atoms with Crippen LogP contribution in [0.1, 0.15) is 0 Å². The molecule has 11 aromatic rings. The van der Waals surface area contributed by atoms with Crippen molar-refractivity contribution in [3.05, 3.63) is 212 Å². The van der Waals surface area contributed by atoms with Crippen LogP contribution in [-0.2, 0) is 0 Å². The molecular weight excluding hydrogens is 727 g/mol. The van der Waals surface area contributed by atoms with Gasteiger partial charge in [0.05, 0.1) is 10.4 Å². The summed E-state index contributed by atoms with van der Waals surface area (Å²) in [5.74, 6) is 0. The van der Waals surface area contributed by atoms with Gasteiger partial charge in [0.15, 0.2) is 0 Å². The average Bonchev–Trinajstić information content (AvgIpc) is 3.87. The Morgan fingerprint density at radius 2 is 0.789 bits per heavy atom. The monoisotopic (exact) mass is 761 g/mol. The Hall–Kier alpha value is -6.78. The van der Waals surface area contributed by atoms with E-state index in [9.17, 15) is 0 Å². The lowest BCUT2D eigenvalue weighted by atomic mass is 9.97. The highest BCUT2D eigenvalue weighted by atomic mass is 32.1. The van der Waals surface area contributed by atoms with Gasteiger partial charge in [0.1, 0.15) is 0 Å². The zero-order chi connectivity index (χ0) is 37.7. The second-order valence-electron chi connectivity index (χ2n) is 14.5. The van der Waals surface area contributed by atoms with E-state index in [4.69, 9.17) is 0 Å². The molecule has 1 nitrogen and oxygen atoms in total. The zero-order valence-corrected chi connectivity index (χ0v) is 32.6. The molecule has 0 fully saturated rings. The number of hydrogen-bond donors (Lipinski definition) is 0. The highest BCUT2D eigenvalue weighted by molar-refractivity contribution is 7.26. The predicted octanol–water partition coefficient (Wildman–Crippen LogP) is 16.6. The summed E-state index contributed by atoms with van der Waals surface area (Å²) in [6.07, 6.45) is 0. The van der Waals surface area contributed by atoms with Crippen molar-refractivity contribution in [3.8, 4) is 44.5 Å². The number of hydrogen-bond acceptors (Lipinski definition) is 3. The maximum atomic E-state index is 2.44. The summed E-state index contributed by atoms with van der Waals surface area (Å²) in [6, 6.07) is 77.6. The fraction of sp³-hybridized carbons (Fsp3) is 0. The Labute approximate surface area is 340 Å². The number of fused-ring (bicyclic) bond motifs is 6. The van der Waals surface area contributed by atoms with E-state index < -0.39 is 0 Å². The molecule has 9 aromatic carbocycles. The van der Waals surface area contributed by atoms with Gasteiger partial charge >= 0.3 is 0 Å². The smallest absolute Gasteiger partial charge is 0.0640 e. The van der Waals surface area contributed by atoms with Crippen LogP contribution in [0.5, 0.6) is 0 Å². The second-order valence-corrected chi connectivity index (χ2v) is 16.6. The van der Waals surface area contributed by atoms with Gasteiger partial charge in [-0.25, -0.2) is 0 Å². The van der Waals surface area contributed by atoms with E-state index in [2.05, 4.69) is 217 Å². The molecule has 0 amide bonds. The summed E-state index contributed by atoms with van der Waals surface area (Å²) in [6.45, 7) is 0. The number of rotatable bonds is 7. The third-order valence-electron chi connectivity index (χ3n) is 11.1. The first-order chi connectivity index (χ1) is 28.2. The summed E-state index contributed by atoms with van der Waals surface area (Å²) >= 11 is 3.74. The number of anilines is 3. The van der Waals surface area contributed by atoms with Crippen LogP contribution in [0.4, 0.5) is 17.1 Å². The summed E-state index contributed by atoms with van der Waals surface area (Å²) < 4.78 is 5.22. The molecule has 57 heavy (non-hydrogen) atoms. The second kappa shape index (κ2) is 14.1.